The van der Waals surface area contributed by atoms with Gasteiger partial charge in [-0.3, -0.25) is 4.79 Å². The second-order valence-electron chi connectivity index (χ2n) is 6.87. The molecule has 0 N–H and O–H groups in total. The van der Waals surface area contributed by atoms with Crippen LogP contribution in [0.25, 0.3) is 11.4 Å². The van der Waals surface area contributed by atoms with E-state index in [1.165, 1.54) is 0 Å². The number of piperidine rings is 1. The van der Waals surface area contributed by atoms with Crippen molar-refractivity contribution >= 4 is 5.91 Å². The van der Waals surface area contributed by atoms with Gasteiger partial charge in [-0.25, -0.2) is 0 Å². The van der Waals surface area contributed by atoms with Crippen molar-refractivity contribution in [3.05, 3.63) is 35.7 Å². The number of likely N-dealkylation sites (tertiary alicyclic amines) is 1. The molecule has 26 heavy (non-hydrogen) atoms. The summed E-state index contributed by atoms with van der Waals surface area (Å²) in [6.45, 7) is 4.64. The van der Waals surface area contributed by atoms with Gasteiger partial charge in [-0.1, -0.05) is 28.9 Å². The van der Waals surface area contributed by atoms with Crippen LogP contribution < -0.4 is 0 Å². The fourth-order valence-electron chi connectivity index (χ4n) is 3.51. The molecule has 2 saturated heterocycles. The lowest BCUT2D eigenvalue weighted by atomic mass is 10.0. The maximum Gasteiger partial charge on any atom is 0.227 e. The molecule has 1 aromatic heterocycles. The summed E-state index contributed by atoms with van der Waals surface area (Å²) in [6, 6.07) is 7.94. The minimum absolute atomic E-state index is 0.105. The van der Waals surface area contributed by atoms with Crippen LogP contribution in [0.2, 0.25) is 0 Å². The number of carbonyl (C=O) groups is 1. The fraction of sp³-hybridized carbons (Fsp3) is 0.526. The standard InChI is InChI=1S/C19H23N3O4/c1-14-3-2-4-15(13-14)18-20-16(26-21-18)5-6-17(23)22-9-7-19(8-10-22)24-11-12-25-19/h2-4,13H,5-12H2,1H3. The average Bonchev–Trinajstić information content (AvgIpc) is 3.30. The Labute approximate surface area is 152 Å². The predicted molar refractivity (Wildman–Crippen MR) is 93.2 cm³/mol. The Morgan fingerprint density at radius 2 is 2.00 bits per heavy atom. The quantitative estimate of drug-likeness (QED) is 0.836. The number of aryl methyl sites for hydroxylation is 2. The molecule has 138 valence electrons. The summed E-state index contributed by atoms with van der Waals surface area (Å²) in [6.07, 6.45) is 2.28. The summed E-state index contributed by atoms with van der Waals surface area (Å²) < 4.78 is 16.7. The maximum atomic E-state index is 12.5. The van der Waals surface area contributed by atoms with E-state index in [0.717, 1.165) is 24.0 Å². The summed E-state index contributed by atoms with van der Waals surface area (Å²) in [7, 11) is 0. The van der Waals surface area contributed by atoms with Gasteiger partial charge in [0.15, 0.2) is 5.79 Å². The van der Waals surface area contributed by atoms with Crippen molar-refractivity contribution in [2.45, 2.75) is 38.4 Å². The summed E-state index contributed by atoms with van der Waals surface area (Å²) in [4.78, 5) is 18.7. The molecule has 2 aliphatic heterocycles. The lowest BCUT2D eigenvalue weighted by Crippen LogP contribution is -2.47. The van der Waals surface area contributed by atoms with Crippen molar-refractivity contribution in [1.29, 1.82) is 0 Å². The SMILES string of the molecule is Cc1cccc(-c2noc(CCC(=O)N3CCC4(CC3)OCCO4)n2)c1. The van der Waals surface area contributed by atoms with E-state index in [1.807, 2.05) is 36.1 Å². The minimum atomic E-state index is -0.452. The molecule has 4 rings (SSSR count). The van der Waals surface area contributed by atoms with Crippen molar-refractivity contribution in [1.82, 2.24) is 15.0 Å². The van der Waals surface area contributed by atoms with E-state index in [4.69, 9.17) is 14.0 Å². The molecule has 3 heterocycles. The van der Waals surface area contributed by atoms with Crippen LogP contribution in [-0.4, -0.2) is 53.0 Å². The first kappa shape index (κ1) is 17.2. The first-order valence-corrected chi connectivity index (χ1v) is 9.09. The molecule has 7 heteroatoms. The Hall–Kier alpha value is -2.25. The van der Waals surface area contributed by atoms with Crippen LogP contribution in [-0.2, 0) is 20.7 Å². The van der Waals surface area contributed by atoms with Gasteiger partial charge >= 0.3 is 0 Å². The van der Waals surface area contributed by atoms with E-state index in [2.05, 4.69) is 10.1 Å². The third kappa shape index (κ3) is 3.64. The first-order chi connectivity index (χ1) is 12.6. The largest absolute Gasteiger partial charge is 0.347 e. The molecule has 0 saturated carbocycles. The van der Waals surface area contributed by atoms with Gasteiger partial charge in [0.2, 0.25) is 17.6 Å². The molecular formula is C19H23N3O4. The van der Waals surface area contributed by atoms with E-state index in [-0.39, 0.29) is 5.91 Å². The highest BCUT2D eigenvalue weighted by atomic mass is 16.7. The van der Waals surface area contributed by atoms with Crippen LogP contribution in [0.3, 0.4) is 0 Å². The molecule has 0 bridgehead atoms. The molecular weight excluding hydrogens is 334 g/mol. The Morgan fingerprint density at radius 3 is 2.73 bits per heavy atom. The van der Waals surface area contributed by atoms with Crippen LogP contribution in [0.1, 0.15) is 30.7 Å². The summed E-state index contributed by atoms with van der Waals surface area (Å²) >= 11 is 0. The highest BCUT2D eigenvalue weighted by molar-refractivity contribution is 5.76. The number of rotatable bonds is 4. The zero-order valence-electron chi connectivity index (χ0n) is 14.9. The molecule has 0 atom stereocenters. The number of ether oxygens (including phenoxy) is 2. The lowest BCUT2D eigenvalue weighted by molar-refractivity contribution is -0.187. The van der Waals surface area contributed by atoms with Gasteiger partial charge in [-0.05, 0) is 13.0 Å². The Kier molecular flexibility index (Phi) is 4.74. The molecule has 0 unspecified atom stereocenters. The highest BCUT2D eigenvalue weighted by Crippen LogP contribution is 2.31. The second-order valence-corrected chi connectivity index (χ2v) is 6.87. The molecule has 1 amide bonds. The van der Waals surface area contributed by atoms with E-state index in [1.54, 1.807) is 0 Å². The monoisotopic (exact) mass is 357 g/mol. The van der Waals surface area contributed by atoms with Crippen molar-refractivity contribution in [3.8, 4) is 11.4 Å². The fourth-order valence-corrected chi connectivity index (χ4v) is 3.51. The summed E-state index contributed by atoms with van der Waals surface area (Å²) in [5.74, 6) is 0.706. The molecule has 2 aliphatic rings. The van der Waals surface area contributed by atoms with E-state index in [0.29, 0.717) is 50.9 Å². The minimum Gasteiger partial charge on any atom is -0.347 e. The van der Waals surface area contributed by atoms with Crippen LogP contribution in [0.4, 0.5) is 0 Å². The number of hydrogen-bond donors (Lipinski definition) is 0. The van der Waals surface area contributed by atoms with Gasteiger partial charge in [0.05, 0.1) is 13.2 Å². The van der Waals surface area contributed by atoms with Gasteiger partial charge in [0.25, 0.3) is 0 Å². The molecule has 0 aliphatic carbocycles. The zero-order chi connectivity index (χ0) is 18.0. The molecule has 1 spiro atoms. The Bertz CT molecular complexity index is 773. The van der Waals surface area contributed by atoms with Crippen LogP contribution >= 0.6 is 0 Å². The normalized spacial score (nSPS) is 19.2. The third-order valence-corrected chi connectivity index (χ3v) is 4.99. The molecule has 7 nitrogen and oxygen atoms in total. The highest BCUT2D eigenvalue weighted by Gasteiger charge is 2.40. The van der Waals surface area contributed by atoms with Crippen LogP contribution in [0, 0.1) is 6.92 Å². The van der Waals surface area contributed by atoms with E-state index in [9.17, 15) is 4.79 Å². The van der Waals surface area contributed by atoms with E-state index < -0.39 is 5.79 Å². The summed E-state index contributed by atoms with van der Waals surface area (Å²) in [5.41, 5.74) is 2.06. The smallest absolute Gasteiger partial charge is 0.227 e. The third-order valence-electron chi connectivity index (χ3n) is 4.99. The Balaban J connectivity index is 1.30. The van der Waals surface area contributed by atoms with Crippen LogP contribution in [0.15, 0.2) is 28.8 Å². The van der Waals surface area contributed by atoms with Crippen LogP contribution in [0.5, 0.6) is 0 Å². The van der Waals surface area contributed by atoms with E-state index >= 15 is 0 Å². The number of amides is 1. The van der Waals surface area contributed by atoms with Gasteiger partial charge < -0.3 is 18.9 Å². The van der Waals surface area contributed by atoms with Crippen molar-refractivity contribution in [2.24, 2.45) is 0 Å². The first-order valence-electron chi connectivity index (χ1n) is 9.09. The Morgan fingerprint density at radius 1 is 1.23 bits per heavy atom. The van der Waals surface area contributed by atoms with Crippen molar-refractivity contribution in [2.75, 3.05) is 26.3 Å². The number of aromatic nitrogens is 2. The molecule has 2 fully saturated rings. The maximum absolute atomic E-state index is 12.5. The average molecular weight is 357 g/mol. The lowest BCUT2D eigenvalue weighted by Gasteiger charge is -2.37. The number of nitrogens with zero attached hydrogens (tertiary/aromatic N) is 3. The van der Waals surface area contributed by atoms with Crippen molar-refractivity contribution < 1.29 is 18.8 Å². The molecule has 1 aromatic carbocycles. The topological polar surface area (TPSA) is 77.7 Å². The molecule has 0 radical (unpaired) electrons. The molecule has 2 aromatic rings. The predicted octanol–water partition coefficient (Wildman–Crippen LogP) is 2.34. The number of benzene rings is 1. The van der Waals surface area contributed by atoms with Crippen molar-refractivity contribution in [3.63, 3.8) is 0 Å². The van der Waals surface area contributed by atoms with Gasteiger partial charge in [0.1, 0.15) is 0 Å². The number of carbonyl (C=O) groups excluding carboxylic acids is 1. The van der Waals surface area contributed by atoms with Gasteiger partial charge in [-0.15, -0.1) is 0 Å². The summed E-state index contributed by atoms with van der Waals surface area (Å²) in [5, 5.41) is 4.02. The van der Waals surface area contributed by atoms with Gasteiger partial charge in [-0.2, -0.15) is 4.98 Å². The van der Waals surface area contributed by atoms with Gasteiger partial charge in [0, 0.05) is 44.3 Å². The number of hydrogen-bond acceptors (Lipinski definition) is 6. The second kappa shape index (κ2) is 7.17. The zero-order valence-corrected chi connectivity index (χ0v) is 14.9.